The summed E-state index contributed by atoms with van der Waals surface area (Å²) >= 11 is 0. The van der Waals surface area contributed by atoms with Gasteiger partial charge in [-0.15, -0.1) is 12.4 Å². The van der Waals surface area contributed by atoms with Crippen LogP contribution in [0.4, 0.5) is 5.69 Å². The number of nitrogens with two attached hydrogens (primary N) is 1. The Morgan fingerprint density at radius 1 is 1.16 bits per heavy atom. The van der Waals surface area contributed by atoms with E-state index in [0.717, 1.165) is 30.8 Å². The third-order valence-electron chi connectivity index (χ3n) is 5.06. The minimum atomic E-state index is -0.307. The number of hydrogen-bond donors (Lipinski definition) is 1. The van der Waals surface area contributed by atoms with Crippen molar-refractivity contribution in [3.05, 3.63) is 75.3 Å². The van der Waals surface area contributed by atoms with E-state index in [4.69, 9.17) is 5.73 Å². The Bertz CT molecular complexity index is 724. The highest BCUT2D eigenvalue weighted by molar-refractivity contribution is 5.85. The van der Waals surface area contributed by atoms with Crippen LogP contribution < -0.4 is 5.73 Å². The summed E-state index contributed by atoms with van der Waals surface area (Å²) in [7, 11) is 0. The Labute approximate surface area is 154 Å². The summed E-state index contributed by atoms with van der Waals surface area (Å²) in [5, 5.41) is 11.1. The van der Waals surface area contributed by atoms with Crippen LogP contribution in [0.1, 0.15) is 22.6 Å². The zero-order valence-electron chi connectivity index (χ0n) is 14.3. The van der Waals surface area contributed by atoms with Crippen molar-refractivity contribution in [2.45, 2.75) is 19.4 Å². The van der Waals surface area contributed by atoms with Gasteiger partial charge in [-0.05, 0) is 30.5 Å². The molecule has 2 atom stereocenters. The average Bonchev–Trinajstić information content (AvgIpc) is 3.00. The molecule has 1 aliphatic rings. The summed E-state index contributed by atoms with van der Waals surface area (Å²) in [6, 6.07) is 15.8. The average molecular weight is 362 g/mol. The van der Waals surface area contributed by atoms with Crippen LogP contribution in [0, 0.1) is 23.0 Å². The molecule has 1 fully saturated rings. The van der Waals surface area contributed by atoms with E-state index in [1.165, 1.54) is 5.56 Å². The fourth-order valence-corrected chi connectivity index (χ4v) is 3.69. The van der Waals surface area contributed by atoms with Crippen molar-refractivity contribution in [3.8, 4) is 0 Å². The first kappa shape index (κ1) is 19.4. The van der Waals surface area contributed by atoms with E-state index in [-0.39, 0.29) is 23.0 Å². The van der Waals surface area contributed by atoms with Crippen LogP contribution in [-0.2, 0) is 6.54 Å². The van der Waals surface area contributed by atoms with Gasteiger partial charge in [-0.25, -0.2) is 0 Å². The van der Waals surface area contributed by atoms with Crippen LogP contribution in [0.15, 0.2) is 48.5 Å². The number of nitro benzene ring substituents is 1. The van der Waals surface area contributed by atoms with E-state index in [0.29, 0.717) is 18.4 Å². The molecule has 2 aromatic carbocycles. The predicted molar refractivity (Wildman–Crippen MR) is 102 cm³/mol. The van der Waals surface area contributed by atoms with Gasteiger partial charge in [0, 0.05) is 37.2 Å². The second-order valence-electron chi connectivity index (χ2n) is 6.53. The van der Waals surface area contributed by atoms with Gasteiger partial charge >= 0.3 is 0 Å². The Balaban J connectivity index is 0.00000225. The van der Waals surface area contributed by atoms with E-state index >= 15 is 0 Å². The van der Waals surface area contributed by atoms with Gasteiger partial charge in [-0.1, -0.05) is 42.5 Å². The standard InChI is InChI=1S/C19H23N3O2.ClH/c1-14-16(8-5-9-19(14)22(23)24)11-21-12-17(10-20)18(13-21)15-6-3-2-4-7-15;/h2-9,17-18H,10-13,20H2,1H3;1H/t17-,18+;/m1./s1. The highest BCUT2D eigenvalue weighted by atomic mass is 35.5. The first-order valence-electron chi connectivity index (χ1n) is 8.30. The fraction of sp³-hybridized carbons (Fsp3) is 0.368. The van der Waals surface area contributed by atoms with Crippen molar-refractivity contribution >= 4 is 18.1 Å². The second-order valence-corrected chi connectivity index (χ2v) is 6.53. The molecular formula is C19H24ClN3O2. The molecule has 1 aliphatic heterocycles. The Hall–Kier alpha value is -1.95. The van der Waals surface area contributed by atoms with Gasteiger partial charge in [-0.2, -0.15) is 0 Å². The zero-order valence-corrected chi connectivity index (χ0v) is 15.1. The summed E-state index contributed by atoms with van der Waals surface area (Å²) in [4.78, 5) is 13.2. The number of nitrogens with zero attached hydrogens (tertiary/aromatic N) is 2. The van der Waals surface area contributed by atoms with E-state index in [1.54, 1.807) is 12.1 Å². The molecule has 0 spiro atoms. The van der Waals surface area contributed by atoms with Gasteiger partial charge in [0.2, 0.25) is 0 Å². The maximum absolute atomic E-state index is 11.1. The SMILES string of the molecule is Cc1c(CN2C[C@@H](CN)[C@H](c3ccccc3)C2)cccc1[N+](=O)[O-].Cl. The molecule has 0 saturated carbocycles. The molecule has 25 heavy (non-hydrogen) atoms. The summed E-state index contributed by atoms with van der Waals surface area (Å²) in [6.07, 6.45) is 0. The van der Waals surface area contributed by atoms with Crippen LogP contribution in [0.5, 0.6) is 0 Å². The molecule has 0 amide bonds. The number of likely N-dealkylation sites (tertiary alicyclic amines) is 1. The molecule has 3 rings (SSSR count). The van der Waals surface area contributed by atoms with Gasteiger partial charge < -0.3 is 5.73 Å². The van der Waals surface area contributed by atoms with E-state index in [9.17, 15) is 10.1 Å². The summed E-state index contributed by atoms with van der Waals surface area (Å²) in [5.74, 6) is 0.849. The molecular weight excluding hydrogens is 338 g/mol. The minimum Gasteiger partial charge on any atom is -0.330 e. The molecule has 2 N–H and O–H groups in total. The second kappa shape index (κ2) is 8.43. The quantitative estimate of drug-likeness (QED) is 0.653. The third kappa shape index (κ3) is 4.18. The van der Waals surface area contributed by atoms with E-state index < -0.39 is 0 Å². The third-order valence-corrected chi connectivity index (χ3v) is 5.06. The molecule has 0 radical (unpaired) electrons. The van der Waals surface area contributed by atoms with Crippen molar-refractivity contribution in [3.63, 3.8) is 0 Å². The van der Waals surface area contributed by atoms with Crippen molar-refractivity contribution in [1.82, 2.24) is 4.90 Å². The fourth-order valence-electron chi connectivity index (χ4n) is 3.69. The van der Waals surface area contributed by atoms with Crippen LogP contribution in [0.2, 0.25) is 0 Å². The van der Waals surface area contributed by atoms with Gasteiger partial charge in [0.15, 0.2) is 0 Å². The molecule has 6 heteroatoms. The summed E-state index contributed by atoms with van der Waals surface area (Å²) in [5.41, 5.74) is 9.30. The molecule has 0 bridgehead atoms. The lowest BCUT2D eigenvalue weighted by Crippen LogP contribution is -2.23. The monoisotopic (exact) mass is 361 g/mol. The highest BCUT2D eigenvalue weighted by Crippen LogP contribution is 2.33. The smallest absolute Gasteiger partial charge is 0.272 e. The minimum absolute atomic E-state index is 0. The lowest BCUT2D eigenvalue weighted by Gasteiger charge is -2.17. The predicted octanol–water partition coefficient (Wildman–Crippen LogP) is 3.50. The topological polar surface area (TPSA) is 72.4 Å². The lowest BCUT2D eigenvalue weighted by molar-refractivity contribution is -0.385. The van der Waals surface area contributed by atoms with Crippen molar-refractivity contribution in [2.75, 3.05) is 19.6 Å². The normalized spacial score (nSPS) is 20.2. The van der Waals surface area contributed by atoms with Crippen LogP contribution in [0.25, 0.3) is 0 Å². The largest absolute Gasteiger partial charge is 0.330 e. The maximum atomic E-state index is 11.1. The molecule has 0 unspecified atom stereocenters. The Morgan fingerprint density at radius 2 is 1.88 bits per heavy atom. The summed E-state index contributed by atoms with van der Waals surface area (Å²) < 4.78 is 0. The first-order valence-corrected chi connectivity index (χ1v) is 8.30. The molecule has 1 heterocycles. The van der Waals surface area contributed by atoms with Gasteiger partial charge in [0.1, 0.15) is 0 Å². The lowest BCUT2D eigenvalue weighted by atomic mass is 9.89. The number of halogens is 1. The molecule has 2 aromatic rings. The molecule has 0 aromatic heterocycles. The zero-order chi connectivity index (χ0) is 17.1. The number of rotatable bonds is 5. The van der Waals surface area contributed by atoms with Gasteiger partial charge in [0.05, 0.1) is 4.92 Å². The number of nitro groups is 1. The summed E-state index contributed by atoms with van der Waals surface area (Å²) in [6.45, 7) is 5.09. The van der Waals surface area contributed by atoms with Gasteiger partial charge in [0.25, 0.3) is 5.69 Å². The first-order chi connectivity index (χ1) is 11.6. The number of benzene rings is 2. The van der Waals surface area contributed by atoms with Gasteiger partial charge in [-0.3, -0.25) is 15.0 Å². The van der Waals surface area contributed by atoms with E-state index in [2.05, 4.69) is 29.2 Å². The highest BCUT2D eigenvalue weighted by Gasteiger charge is 2.33. The van der Waals surface area contributed by atoms with Crippen molar-refractivity contribution in [1.29, 1.82) is 0 Å². The van der Waals surface area contributed by atoms with Crippen molar-refractivity contribution in [2.24, 2.45) is 11.7 Å². The van der Waals surface area contributed by atoms with E-state index in [1.807, 2.05) is 19.1 Å². The Morgan fingerprint density at radius 3 is 2.52 bits per heavy atom. The Kier molecular flexibility index (Phi) is 6.53. The molecule has 134 valence electrons. The van der Waals surface area contributed by atoms with Crippen LogP contribution in [0.3, 0.4) is 0 Å². The van der Waals surface area contributed by atoms with Crippen LogP contribution in [-0.4, -0.2) is 29.5 Å². The molecule has 5 nitrogen and oxygen atoms in total. The maximum Gasteiger partial charge on any atom is 0.272 e. The van der Waals surface area contributed by atoms with Crippen LogP contribution >= 0.6 is 12.4 Å². The molecule has 1 saturated heterocycles. The van der Waals surface area contributed by atoms with Crippen molar-refractivity contribution < 1.29 is 4.92 Å². The molecule has 0 aliphatic carbocycles. The number of hydrogen-bond acceptors (Lipinski definition) is 4.